The first-order valence-corrected chi connectivity index (χ1v) is 12.9. The zero-order valence-corrected chi connectivity index (χ0v) is 20.5. The van der Waals surface area contributed by atoms with Crippen LogP contribution >= 0.6 is 0 Å². The molecule has 4 N–H and O–H groups in total. The average molecular weight is 481 g/mol. The minimum absolute atomic E-state index is 0.0667. The van der Waals surface area contributed by atoms with Gasteiger partial charge in [-0.1, -0.05) is 54.6 Å². The van der Waals surface area contributed by atoms with Crippen molar-refractivity contribution in [3.05, 3.63) is 78.4 Å². The maximum atomic E-state index is 12.1. The molecule has 0 unspecified atom stereocenters. The van der Waals surface area contributed by atoms with Gasteiger partial charge in [0.2, 0.25) is 0 Å². The van der Waals surface area contributed by atoms with E-state index in [0.717, 1.165) is 37.8 Å². The fourth-order valence-corrected chi connectivity index (χ4v) is 4.83. The molecular formula is C29H40N2O4. The standard InChI is InChI=1S/C29H40N2O4/c32-24(13-8-11-23-20-30-21-31-23)12-6-1-2-7-14-26-27(29(35)19-28(26)34)18-17-25(33)16-15-22-9-4-3-5-10-22/h2-5,7,9-10,17-18,20-21,25-29,33-35H,1,6,8,11-16,19H2,(H,30,31)/b7-2-,18-17+/t25-,26+,27+,28-,29+/m0/s1. The largest absolute Gasteiger partial charge is 0.393 e. The van der Waals surface area contributed by atoms with Crippen molar-refractivity contribution in [2.75, 3.05) is 0 Å². The second-order valence-electron chi connectivity index (χ2n) is 9.66. The van der Waals surface area contributed by atoms with Crippen molar-refractivity contribution in [2.45, 2.75) is 82.5 Å². The Morgan fingerprint density at radius 3 is 2.66 bits per heavy atom. The molecule has 1 aromatic heterocycles. The Labute approximate surface area is 208 Å². The predicted molar refractivity (Wildman–Crippen MR) is 138 cm³/mol. The molecule has 190 valence electrons. The smallest absolute Gasteiger partial charge is 0.132 e. The van der Waals surface area contributed by atoms with E-state index in [2.05, 4.69) is 34.3 Å². The number of aliphatic hydroxyl groups excluding tert-OH is 3. The third-order valence-electron chi connectivity index (χ3n) is 6.90. The summed E-state index contributed by atoms with van der Waals surface area (Å²) in [5, 5.41) is 31.2. The number of Topliss-reactive ketones (excluding diaryl/α,β-unsaturated/α-hetero) is 1. The van der Waals surface area contributed by atoms with Gasteiger partial charge in [-0.05, 0) is 56.4 Å². The molecule has 2 aromatic rings. The maximum Gasteiger partial charge on any atom is 0.132 e. The predicted octanol–water partition coefficient (Wildman–Crippen LogP) is 4.33. The highest BCUT2D eigenvalue weighted by atomic mass is 16.3. The van der Waals surface area contributed by atoms with E-state index in [1.54, 1.807) is 18.6 Å². The van der Waals surface area contributed by atoms with Crippen molar-refractivity contribution in [3.63, 3.8) is 0 Å². The Morgan fingerprint density at radius 2 is 1.89 bits per heavy atom. The first kappa shape index (κ1) is 27.1. The summed E-state index contributed by atoms with van der Waals surface area (Å²) in [6, 6.07) is 10.1. The molecule has 3 rings (SSSR count). The number of ketones is 1. The summed E-state index contributed by atoms with van der Waals surface area (Å²) in [5.74, 6) is 0.0590. The van der Waals surface area contributed by atoms with Crippen LogP contribution in [-0.2, 0) is 17.6 Å². The van der Waals surface area contributed by atoms with Gasteiger partial charge in [0, 0.05) is 37.1 Å². The molecule has 0 saturated heterocycles. The Bertz CT molecular complexity index is 910. The van der Waals surface area contributed by atoms with Crippen LogP contribution in [0.15, 0.2) is 67.2 Å². The number of imidazole rings is 1. The summed E-state index contributed by atoms with van der Waals surface area (Å²) in [4.78, 5) is 19.1. The summed E-state index contributed by atoms with van der Waals surface area (Å²) in [7, 11) is 0. The minimum atomic E-state index is -0.597. The zero-order valence-electron chi connectivity index (χ0n) is 20.5. The van der Waals surface area contributed by atoms with Crippen molar-refractivity contribution >= 4 is 5.78 Å². The molecule has 6 heteroatoms. The van der Waals surface area contributed by atoms with Crippen molar-refractivity contribution in [1.29, 1.82) is 0 Å². The van der Waals surface area contributed by atoms with Crippen LogP contribution in [0.1, 0.15) is 62.6 Å². The molecule has 0 radical (unpaired) electrons. The van der Waals surface area contributed by atoms with Crippen LogP contribution in [0.3, 0.4) is 0 Å². The van der Waals surface area contributed by atoms with Crippen LogP contribution in [0.4, 0.5) is 0 Å². The monoisotopic (exact) mass is 480 g/mol. The number of aromatic amines is 1. The topological polar surface area (TPSA) is 106 Å². The number of rotatable bonds is 15. The molecule has 35 heavy (non-hydrogen) atoms. The number of nitrogens with zero attached hydrogens (tertiary/aromatic N) is 1. The van der Waals surface area contributed by atoms with E-state index in [9.17, 15) is 20.1 Å². The number of allylic oxidation sites excluding steroid dienone is 2. The Balaban J connectivity index is 1.34. The number of carbonyl (C=O) groups is 1. The van der Waals surface area contributed by atoms with Gasteiger partial charge in [-0.25, -0.2) is 4.98 Å². The molecule has 1 aromatic carbocycles. The highest BCUT2D eigenvalue weighted by molar-refractivity contribution is 5.78. The molecule has 0 aliphatic heterocycles. The number of aromatic nitrogens is 2. The van der Waals surface area contributed by atoms with Crippen molar-refractivity contribution in [2.24, 2.45) is 11.8 Å². The third-order valence-corrected chi connectivity index (χ3v) is 6.90. The van der Waals surface area contributed by atoms with Crippen LogP contribution in [0.25, 0.3) is 0 Å². The second-order valence-corrected chi connectivity index (χ2v) is 9.66. The van der Waals surface area contributed by atoms with Crippen molar-refractivity contribution in [1.82, 2.24) is 9.97 Å². The average Bonchev–Trinajstić information content (AvgIpc) is 3.46. The fourth-order valence-electron chi connectivity index (χ4n) is 4.83. The van der Waals surface area contributed by atoms with Crippen LogP contribution < -0.4 is 0 Å². The Kier molecular flexibility index (Phi) is 11.4. The van der Waals surface area contributed by atoms with E-state index in [0.29, 0.717) is 37.9 Å². The number of nitrogens with one attached hydrogen (secondary N) is 1. The molecule has 1 fully saturated rings. The molecule has 1 aliphatic rings. The summed E-state index contributed by atoms with van der Waals surface area (Å²) >= 11 is 0. The van der Waals surface area contributed by atoms with Crippen LogP contribution in [-0.4, -0.2) is 49.4 Å². The molecule has 6 nitrogen and oxygen atoms in total. The Morgan fingerprint density at radius 1 is 1.09 bits per heavy atom. The number of unbranched alkanes of at least 4 members (excludes halogenated alkanes) is 1. The molecule has 0 amide bonds. The van der Waals surface area contributed by atoms with Gasteiger partial charge < -0.3 is 20.3 Å². The number of carbonyl (C=O) groups excluding carboxylic acids is 1. The summed E-state index contributed by atoms with van der Waals surface area (Å²) < 4.78 is 0. The van der Waals surface area contributed by atoms with Gasteiger partial charge >= 0.3 is 0 Å². The molecule has 1 heterocycles. The van der Waals surface area contributed by atoms with Crippen molar-refractivity contribution < 1.29 is 20.1 Å². The van der Waals surface area contributed by atoms with E-state index >= 15 is 0 Å². The molecule has 0 spiro atoms. The van der Waals surface area contributed by atoms with E-state index < -0.39 is 18.3 Å². The van der Waals surface area contributed by atoms with Gasteiger partial charge in [-0.3, -0.25) is 4.79 Å². The van der Waals surface area contributed by atoms with E-state index in [-0.39, 0.29) is 11.8 Å². The number of H-pyrrole nitrogens is 1. The highest BCUT2D eigenvalue weighted by Crippen LogP contribution is 2.36. The van der Waals surface area contributed by atoms with Gasteiger partial charge in [-0.2, -0.15) is 0 Å². The van der Waals surface area contributed by atoms with Crippen LogP contribution in [0.2, 0.25) is 0 Å². The maximum absolute atomic E-state index is 12.1. The first-order chi connectivity index (χ1) is 17.0. The SMILES string of the molecule is O=C(CCC/C=C\C[C@@H]1[C@@H](/C=C/[C@@H](O)CCc2ccccc2)[C@H](O)C[C@@H]1O)CCCc1cnc[nH]1. The molecular weight excluding hydrogens is 440 g/mol. The van der Waals surface area contributed by atoms with Gasteiger partial charge in [0.1, 0.15) is 5.78 Å². The van der Waals surface area contributed by atoms with Crippen molar-refractivity contribution in [3.8, 4) is 0 Å². The first-order valence-electron chi connectivity index (χ1n) is 12.9. The lowest BCUT2D eigenvalue weighted by Gasteiger charge is -2.19. The van der Waals surface area contributed by atoms with E-state index in [1.807, 2.05) is 24.3 Å². The minimum Gasteiger partial charge on any atom is -0.393 e. The summed E-state index contributed by atoms with van der Waals surface area (Å²) in [6.45, 7) is 0. The molecule has 1 saturated carbocycles. The number of benzene rings is 1. The van der Waals surface area contributed by atoms with Gasteiger partial charge in [-0.15, -0.1) is 0 Å². The van der Waals surface area contributed by atoms with Gasteiger partial charge in [0.05, 0.1) is 24.6 Å². The van der Waals surface area contributed by atoms with Crippen LogP contribution in [0.5, 0.6) is 0 Å². The van der Waals surface area contributed by atoms with E-state index in [4.69, 9.17) is 0 Å². The number of hydrogen-bond donors (Lipinski definition) is 4. The molecule has 5 atom stereocenters. The fraction of sp³-hybridized carbons (Fsp3) is 0.517. The Hall–Kier alpha value is -2.54. The number of hydrogen-bond acceptors (Lipinski definition) is 5. The van der Waals surface area contributed by atoms with E-state index in [1.165, 1.54) is 5.56 Å². The normalized spacial score (nSPS) is 23.4. The second kappa shape index (κ2) is 14.8. The quantitative estimate of drug-likeness (QED) is 0.224. The highest BCUT2D eigenvalue weighted by Gasteiger charge is 2.39. The lowest BCUT2D eigenvalue weighted by Crippen LogP contribution is -2.20. The molecule has 1 aliphatic carbocycles. The molecule has 0 bridgehead atoms. The third kappa shape index (κ3) is 9.55. The lowest BCUT2D eigenvalue weighted by molar-refractivity contribution is -0.119. The zero-order chi connectivity index (χ0) is 24.9. The lowest BCUT2D eigenvalue weighted by atomic mass is 9.89. The van der Waals surface area contributed by atoms with Crippen LogP contribution in [0, 0.1) is 11.8 Å². The van der Waals surface area contributed by atoms with Gasteiger partial charge in [0.15, 0.2) is 0 Å². The van der Waals surface area contributed by atoms with Gasteiger partial charge in [0.25, 0.3) is 0 Å². The summed E-state index contributed by atoms with van der Waals surface area (Å²) in [6.07, 6.45) is 16.5. The number of aryl methyl sites for hydroxylation is 2. The summed E-state index contributed by atoms with van der Waals surface area (Å²) in [5.41, 5.74) is 2.25. The number of aliphatic hydroxyl groups is 3.